The molecule has 1 saturated heterocycles. The predicted octanol–water partition coefficient (Wildman–Crippen LogP) is 3.95. The third kappa shape index (κ3) is 5.96. The van der Waals surface area contributed by atoms with Crippen molar-refractivity contribution in [3.05, 3.63) is 89.0 Å². The molecule has 0 N–H and O–H groups in total. The fourth-order valence-electron chi connectivity index (χ4n) is 5.65. The van der Waals surface area contributed by atoms with E-state index in [1.165, 1.54) is 51.7 Å². The van der Waals surface area contributed by atoms with E-state index >= 15 is 0 Å². The summed E-state index contributed by atoms with van der Waals surface area (Å²) < 4.78 is 71.0. The number of rotatable bonds is 10. The van der Waals surface area contributed by atoms with Crippen LogP contribution in [0.5, 0.6) is 11.5 Å². The van der Waals surface area contributed by atoms with E-state index in [0.29, 0.717) is 35.2 Å². The summed E-state index contributed by atoms with van der Waals surface area (Å²) in [6, 6.07) is 17.5. The van der Waals surface area contributed by atoms with Gasteiger partial charge in [-0.1, -0.05) is 18.6 Å². The monoisotopic (exact) mass is 640 g/mol. The van der Waals surface area contributed by atoms with E-state index in [9.17, 15) is 21.6 Å². The highest BCUT2D eigenvalue weighted by Crippen LogP contribution is 2.33. The third-order valence-corrected chi connectivity index (χ3v) is 12.0. The number of benzene rings is 3. The Morgan fingerprint density at radius 1 is 0.886 bits per heavy atom. The fourth-order valence-corrected chi connectivity index (χ4v) is 8.96. The highest BCUT2D eigenvalue weighted by Gasteiger charge is 2.40. The molecule has 2 heterocycles. The second kappa shape index (κ2) is 12.7. The van der Waals surface area contributed by atoms with Crippen LogP contribution in [0.1, 0.15) is 38.1 Å². The number of ether oxygens (including phenoxy) is 2. The molecule has 0 saturated carbocycles. The zero-order valence-corrected chi connectivity index (χ0v) is 26.7. The largest absolute Gasteiger partial charge is 0.497 e. The van der Waals surface area contributed by atoms with Crippen molar-refractivity contribution in [1.82, 2.24) is 18.2 Å². The van der Waals surface area contributed by atoms with Crippen molar-refractivity contribution < 1.29 is 26.3 Å². The molecule has 13 heteroatoms. The Hall–Kier alpha value is -3.78. The maximum Gasteiger partial charge on any atom is 0.261 e. The summed E-state index contributed by atoms with van der Waals surface area (Å²) in [5.74, 6) is 1.26. The van der Waals surface area contributed by atoms with Crippen molar-refractivity contribution in [2.75, 3.05) is 27.3 Å². The average molecular weight is 641 g/mol. The molecule has 1 aliphatic heterocycles. The Morgan fingerprint density at radius 2 is 1.48 bits per heavy atom. The van der Waals surface area contributed by atoms with Crippen molar-refractivity contribution in [2.45, 2.75) is 48.1 Å². The number of hydrogen-bond acceptors (Lipinski definition) is 8. The first-order valence-corrected chi connectivity index (χ1v) is 17.1. The molecule has 1 unspecified atom stereocenters. The zero-order chi connectivity index (χ0) is 31.6. The molecular weight excluding hydrogens is 604 g/mol. The van der Waals surface area contributed by atoms with Gasteiger partial charge in [-0.3, -0.25) is 9.36 Å². The molecule has 0 bridgehead atoms. The second-order valence-corrected chi connectivity index (χ2v) is 14.5. The summed E-state index contributed by atoms with van der Waals surface area (Å²) in [4.78, 5) is 18.1. The van der Waals surface area contributed by atoms with Gasteiger partial charge in [-0.25, -0.2) is 21.8 Å². The van der Waals surface area contributed by atoms with Crippen LogP contribution in [0, 0.1) is 0 Å². The van der Waals surface area contributed by atoms with Crippen LogP contribution in [0.3, 0.4) is 0 Å². The highest BCUT2D eigenvalue weighted by atomic mass is 32.2. The molecule has 11 nitrogen and oxygen atoms in total. The molecule has 2 atom stereocenters. The lowest BCUT2D eigenvalue weighted by molar-refractivity contribution is 0.194. The molecule has 44 heavy (non-hydrogen) atoms. The van der Waals surface area contributed by atoms with Crippen LogP contribution in [0.4, 0.5) is 0 Å². The topological polar surface area (TPSA) is 128 Å². The van der Waals surface area contributed by atoms with E-state index < -0.39 is 32.1 Å². The first-order valence-electron chi connectivity index (χ1n) is 14.3. The van der Waals surface area contributed by atoms with Gasteiger partial charge in [-0.2, -0.15) is 8.61 Å². The molecule has 234 valence electrons. The number of methoxy groups -OCH3 is 2. The van der Waals surface area contributed by atoms with Crippen LogP contribution < -0.4 is 15.0 Å². The molecule has 0 amide bonds. The Kier molecular flexibility index (Phi) is 9.12. The number of piperidine rings is 1. The van der Waals surface area contributed by atoms with Crippen LogP contribution in [0.25, 0.3) is 10.9 Å². The van der Waals surface area contributed by atoms with E-state index in [4.69, 9.17) is 14.5 Å². The Bertz CT molecular complexity index is 1910. The smallest absolute Gasteiger partial charge is 0.261 e. The van der Waals surface area contributed by atoms with Gasteiger partial charge >= 0.3 is 0 Å². The van der Waals surface area contributed by atoms with Crippen LogP contribution in [0.2, 0.25) is 0 Å². The van der Waals surface area contributed by atoms with Gasteiger partial charge in [0.15, 0.2) is 0 Å². The summed E-state index contributed by atoms with van der Waals surface area (Å²) in [7, 11) is -3.62. The van der Waals surface area contributed by atoms with Crippen molar-refractivity contribution in [1.29, 1.82) is 0 Å². The third-order valence-electron chi connectivity index (χ3n) is 8.12. The lowest BCUT2D eigenvalue weighted by Crippen LogP contribution is -2.51. The second-order valence-electron chi connectivity index (χ2n) is 10.7. The Labute approximate surface area is 257 Å². The van der Waals surface area contributed by atoms with Gasteiger partial charge in [0.25, 0.3) is 5.56 Å². The van der Waals surface area contributed by atoms with Gasteiger partial charge in [-0.15, -0.1) is 0 Å². The number of aromatic nitrogens is 2. The average Bonchev–Trinajstić information content (AvgIpc) is 3.05. The number of nitrogens with zero attached hydrogens (tertiary/aromatic N) is 4. The maximum absolute atomic E-state index is 14.4. The van der Waals surface area contributed by atoms with Crippen LogP contribution in [0.15, 0.2) is 87.4 Å². The summed E-state index contributed by atoms with van der Waals surface area (Å²) in [5, 5.41) is 0.416. The summed E-state index contributed by atoms with van der Waals surface area (Å²) in [5.41, 5.74) is 0.140. The van der Waals surface area contributed by atoms with E-state index in [2.05, 4.69) is 0 Å². The SMILES string of the molecule is COc1ccc(S(=O)(=O)N(C[C@@H]2CCCCN2S(=O)(=O)c2ccc(OC)cc2)C(C)c2nc3ccccc3c(=O)n2C)cc1. The van der Waals surface area contributed by atoms with Gasteiger partial charge in [0.1, 0.15) is 17.3 Å². The molecule has 3 aromatic carbocycles. The molecule has 0 spiro atoms. The Balaban J connectivity index is 1.60. The molecular formula is C31H36N4O7S2. The molecule has 4 aromatic rings. The first kappa shape index (κ1) is 31.6. The molecule has 5 rings (SSSR count). The van der Waals surface area contributed by atoms with Gasteiger partial charge in [0.05, 0.1) is 41.0 Å². The molecule has 1 aromatic heterocycles. The minimum atomic E-state index is -4.21. The van der Waals surface area contributed by atoms with Crippen molar-refractivity contribution in [2.24, 2.45) is 7.05 Å². The standard InChI is InChI=1S/C31H36N4O7S2/c1-22(30-32-29-11-6-5-10-28(29)31(36)33(30)2)35(44(39,40)27-18-14-25(42-4)15-19-27)21-23-9-7-8-20-34(23)43(37,38)26-16-12-24(41-3)13-17-26/h5-6,10-19,22-23H,7-9,20-21H2,1-4H3/t22?,23-/m0/s1. The quantitative estimate of drug-likeness (QED) is 0.255. The number of fused-ring (bicyclic) bond motifs is 1. The minimum Gasteiger partial charge on any atom is -0.497 e. The fraction of sp³-hybridized carbons (Fsp3) is 0.355. The van der Waals surface area contributed by atoms with E-state index in [1.807, 2.05) is 0 Å². The van der Waals surface area contributed by atoms with Crippen LogP contribution >= 0.6 is 0 Å². The van der Waals surface area contributed by atoms with Crippen molar-refractivity contribution in [3.63, 3.8) is 0 Å². The molecule has 1 aliphatic rings. The zero-order valence-electron chi connectivity index (χ0n) is 25.1. The summed E-state index contributed by atoms with van der Waals surface area (Å²) >= 11 is 0. The lowest BCUT2D eigenvalue weighted by atomic mass is 10.0. The normalized spacial score (nSPS) is 17.1. The minimum absolute atomic E-state index is 0.0105. The molecule has 0 aliphatic carbocycles. The number of para-hydroxylation sites is 1. The van der Waals surface area contributed by atoms with E-state index in [-0.39, 0.29) is 34.3 Å². The van der Waals surface area contributed by atoms with Gasteiger partial charge in [0, 0.05) is 26.2 Å². The highest BCUT2D eigenvalue weighted by molar-refractivity contribution is 7.89. The maximum atomic E-state index is 14.4. The van der Waals surface area contributed by atoms with Crippen molar-refractivity contribution >= 4 is 30.9 Å². The van der Waals surface area contributed by atoms with Gasteiger partial charge < -0.3 is 9.47 Å². The predicted molar refractivity (Wildman–Crippen MR) is 167 cm³/mol. The lowest BCUT2D eigenvalue weighted by Gasteiger charge is -2.39. The first-order chi connectivity index (χ1) is 21.0. The number of sulfonamides is 2. The summed E-state index contributed by atoms with van der Waals surface area (Å²) in [6.45, 7) is 1.77. The van der Waals surface area contributed by atoms with Crippen LogP contribution in [-0.4, -0.2) is 68.3 Å². The number of hydrogen-bond donors (Lipinski definition) is 0. The Morgan fingerprint density at radius 3 is 2.09 bits per heavy atom. The van der Waals surface area contributed by atoms with Crippen LogP contribution in [-0.2, 0) is 27.1 Å². The summed E-state index contributed by atoms with van der Waals surface area (Å²) in [6.07, 6.45) is 1.84. The van der Waals surface area contributed by atoms with Crippen molar-refractivity contribution in [3.8, 4) is 11.5 Å². The van der Waals surface area contributed by atoms with Gasteiger partial charge in [0.2, 0.25) is 20.0 Å². The van der Waals surface area contributed by atoms with Gasteiger partial charge in [-0.05, 0) is 80.4 Å². The van der Waals surface area contributed by atoms with E-state index in [0.717, 1.165) is 6.42 Å². The molecule has 0 radical (unpaired) electrons. The molecule has 1 fully saturated rings. The van der Waals surface area contributed by atoms with E-state index in [1.54, 1.807) is 62.5 Å².